The number of aromatic nitrogens is 1. The maximum absolute atomic E-state index is 10.8. The molecule has 1 aromatic rings. The molecule has 0 bridgehead atoms. The Morgan fingerprint density at radius 1 is 1.59 bits per heavy atom. The van der Waals surface area contributed by atoms with E-state index in [9.17, 15) is 10.1 Å². The highest BCUT2D eigenvalue weighted by Gasteiger charge is 2.19. The molecule has 0 atom stereocenters. The van der Waals surface area contributed by atoms with Crippen molar-refractivity contribution in [1.29, 1.82) is 0 Å². The first-order valence-corrected chi connectivity index (χ1v) is 5.15. The van der Waals surface area contributed by atoms with Gasteiger partial charge in [0, 0.05) is 32.5 Å². The molecule has 0 amide bonds. The molecule has 0 saturated heterocycles. The number of methoxy groups -OCH3 is 1. The van der Waals surface area contributed by atoms with Gasteiger partial charge in [0.25, 0.3) is 0 Å². The summed E-state index contributed by atoms with van der Waals surface area (Å²) in [4.78, 5) is 16.0. The Bertz CT molecular complexity index is 372. The van der Waals surface area contributed by atoms with Crippen LogP contribution in [0.1, 0.15) is 0 Å². The van der Waals surface area contributed by atoms with Gasteiger partial charge in [-0.15, -0.1) is 0 Å². The molecule has 1 rings (SSSR count). The molecule has 7 nitrogen and oxygen atoms in total. The van der Waals surface area contributed by atoms with Gasteiger partial charge in [0.05, 0.1) is 18.1 Å². The number of hydrogen-bond donors (Lipinski definition) is 1. The minimum absolute atomic E-state index is 0.0722. The molecule has 0 radical (unpaired) electrons. The van der Waals surface area contributed by atoms with E-state index in [0.717, 1.165) is 0 Å². The highest BCUT2D eigenvalue weighted by Crippen LogP contribution is 2.24. The molecule has 17 heavy (non-hydrogen) atoms. The monoisotopic (exact) mass is 241 g/mol. The molecular formula is C10H15N3O4. The van der Waals surface area contributed by atoms with Crippen LogP contribution in [0.3, 0.4) is 0 Å². The van der Waals surface area contributed by atoms with Gasteiger partial charge >= 0.3 is 5.69 Å². The zero-order valence-corrected chi connectivity index (χ0v) is 9.57. The van der Waals surface area contributed by atoms with E-state index in [-0.39, 0.29) is 24.7 Å². The number of anilines is 1. The van der Waals surface area contributed by atoms with Crippen LogP contribution in [-0.4, -0.2) is 48.4 Å². The van der Waals surface area contributed by atoms with Crippen molar-refractivity contribution >= 4 is 11.5 Å². The second-order valence-corrected chi connectivity index (χ2v) is 3.31. The SMILES string of the molecule is COCCN(CCO)c1ncccc1[N+](=O)[O-]. The number of hydrogen-bond acceptors (Lipinski definition) is 6. The molecule has 0 spiro atoms. The fraction of sp³-hybridized carbons (Fsp3) is 0.500. The molecule has 94 valence electrons. The number of ether oxygens (including phenoxy) is 1. The molecule has 1 aromatic heterocycles. The Morgan fingerprint density at radius 3 is 2.94 bits per heavy atom. The highest BCUT2D eigenvalue weighted by molar-refractivity contribution is 5.57. The zero-order valence-electron chi connectivity index (χ0n) is 9.57. The molecule has 7 heteroatoms. The second-order valence-electron chi connectivity index (χ2n) is 3.31. The van der Waals surface area contributed by atoms with Crippen molar-refractivity contribution in [3.8, 4) is 0 Å². The summed E-state index contributed by atoms with van der Waals surface area (Å²) in [5.74, 6) is 0.253. The summed E-state index contributed by atoms with van der Waals surface area (Å²) in [7, 11) is 1.55. The van der Waals surface area contributed by atoms with Crippen LogP contribution < -0.4 is 4.90 Å². The van der Waals surface area contributed by atoms with Crippen LogP contribution in [0.15, 0.2) is 18.3 Å². The Balaban J connectivity index is 2.95. The summed E-state index contributed by atoms with van der Waals surface area (Å²) < 4.78 is 4.92. The summed E-state index contributed by atoms with van der Waals surface area (Å²) in [5.41, 5.74) is -0.0722. The lowest BCUT2D eigenvalue weighted by Gasteiger charge is -2.21. The first-order valence-electron chi connectivity index (χ1n) is 5.15. The number of pyridine rings is 1. The number of nitrogens with zero attached hydrogens (tertiary/aromatic N) is 3. The van der Waals surface area contributed by atoms with E-state index < -0.39 is 4.92 Å². The summed E-state index contributed by atoms with van der Waals surface area (Å²) in [6.45, 7) is 1.03. The van der Waals surface area contributed by atoms with Gasteiger partial charge < -0.3 is 14.7 Å². The van der Waals surface area contributed by atoms with E-state index in [1.165, 1.54) is 18.3 Å². The molecule has 1 heterocycles. The topological polar surface area (TPSA) is 88.7 Å². The van der Waals surface area contributed by atoms with Crippen LogP contribution in [0.4, 0.5) is 11.5 Å². The van der Waals surface area contributed by atoms with Crippen LogP contribution in [0.25, 0.3) is 0 Å². The molecular weight excluding hydrogens is 226 g/mol. The average molecular weight is 241 g/mol. The van der Waals surface area contributed by atoms with Crippen molar-refractivity contribution < 1.29 is 14.8 Å². The fourth-order valence-electron chi connectivity index (χ4n) is 1.42. The van der Waals surface area contributed by atoms with E-state index in [4.69, 9.17) is 9.84 Å². The predicted molar refractivity (Wildman–Crippen MR) is 62.1 cm³/mol. The van der Waals surface area contributed by atoms with Crippen molar-refractivity contribution in [1.82, 2.24) is 4.98 Å². The summed E-state index contributed by atoms with van der Waals surface area (Å²) >= 11 is 0. The number of aliphatic hydroxyl groups excluding tert-OH is 1. The van der Waals surface area contributed by atoms with Gasteiger partial charge in [0.1, 0.15) is 0 Å². The van der Waals surface area contributed by atoms with Crippen LogP contribution >= 0.6 is 0 Å². The predicted octanol–water partition coefficient (Wildman–Crippen LogP) is 0.435. The minimum atomic E-state index is -0.487. The third-order valence-corrected chi connectivity index (χ3v) is 2.20. The number of aliphatic hydroxyl groups is 1. The lowest BCUT2D eigenvalue weighted by molar-refractivity contribution is -0.384. The summed E-state index contributed by atoms with van der Waals surface area (Å²) in [5, 5.41) is 19.8. The number of nitro groups is 1. The molecule has 0 aliphatic rings. The largest absolute Gasteiger partial charge is 0.395 e. The zero-order chi connectivity index (χ0) is 12.7. The third-order valence-electron chi connectivity index (χ3n) is 2.20. The standard InChI is InChI=1S/C10H15N3O4/c1-17-8-6-12(5-7-14)10-9(13(15)16)3-2-4-11-10/h2-4,14H,5-8H2,1H3. The maximum atomic E-state index is 10.8. The van der Waals surface area contributed by atoms with Gasteiger partial charge in [-0.25, -0.2) is 4.98 Å². The fourth-order valence-corrected chi connectivity index (χ4v) is 1.42. The van der Waals surface area contributed by atoms with Gasteiger partial charge in [-0.3, -0.25) is 10.1 Å². The summed E-state index contributed by atoms with van der Waals surface area (Å²) in [6.07, 6.45) is 1.49. The minimum Gasteiger partial charge on any atom is -0.395 e. The van der Waals surface area contributed by atoms with Gasteiger partial charge in [0.15, 0.2) is 0 Å². The van der Waals surface area contributed by atoms with Crippen LogP contribution in [0.2, 0.25) is 0 Å². The highest BCUT2D eigenvalue weighted by atomic mass is 16.6. The van der Waals surface area contributed by atoms with E-state index in [1.807, 2.05) is 0 Å². The first kappa shape index (κ1) is 13.3. The molecule has 0 aliphatic carbocycles. The second kappa shape index (κ2) is 6.77. The van der Waals surface area contributed by atoms with Gasteiger partial charge in [-0.05, 0) is 6.07 Å². The van der Waals surface area contributed by atoms with Gasteiger partial charge in [-0.2, -0.15) is 0 Å². The van der Waals surface area contributed by atoms with E-state index in [1.54, 1.807) is 12.0 Å². The lowest BCUT2D eigenvalue weighted by atomic mass is 10.3. The van der Waals surface area contributed by atoms with Crippen LogP contribution in [0, 0.1) is 10.1 Å². The van der Waals surface area contributed by atoms with E-state index >= 15 is 0 Å². The summed E-state index contributed by atoms with van der Waals surface area (Å²) in [6, 6.07) is 2.90. The molecule has 0 unspecified atom stereocenters. The normalized spacial score (nSPS) is 10.2. The van der Waals surface area contributed by atoms with Crippen molar-refractivity contribution in [3.63, 3.8) is 0 Å². The van der Waals surface area contributed by atoms with Crippen LogP contribution in [0.5, 0.6) is 0 Å². The Kier molecular flexibility index (Phi) is 5.31. The van der Waals surface area contributed by atoms with E-state index in [0.29, 0.717) is 13.2 Å². The van der Waals surface area contributed by atoms with E-state index in [2.05, 4.69) is 4.98 Å². The number of rotatable bonds is 7. The van der Waals surface area contributed by atoms with Crippen molar-refractivity contribution in [2.45, 2.75) is 0 Å². The molecule has 1 N–H and O–H groups in total. The smallest absolute Gasteiger partial charge is 0.311 e. The first-order chi connectivity index (χ1) is 8.20. The molecule has 0 saturated carbocycles. The van der Waals surface area contributed by atoms with Gasteiger partial charge in [-0.1, -0.05) is 0 Å². The Hall–Kier alpha value is -1.73. The maximum Gasteiger partial charge on any atom is 0.311 e. The molecule has 0 fully saturated rings. The van der Waals surface area contributed by atoms with Gasteiger partial charge in [0.2, 0.25) is 5.82 Å². The van der Waals surface area contributed by atoms with Crippen LogP contribution in [-0.2, 0) is 4.74 Å². The Morgan fingerprint density at radius 2 is 2.35 bits per heavy atom. The van der Waals surface area contributed by atoms with Crippen molar-refractivity contribution in [3.05, 3.63) is 28.4 Å². The Labute approximate surface area is 98.8 Å². The van der Waals surface area contributed by atoms with Crippen molar-refractivity contribution in [2.75, 3.05) is 38.3 Å². The lowest BCUT2D eigenvalue weighted by Crippen LogP contribution is -2.31. The molecule has 0 aliphatic heterocycles. The average Bonchev–Trinajstić information content (AvgIpc) is 2.34. The third kappa shape index (κ3) is 3.65. The van der Waals surface area contributed by atoms with Crippen molar-refractivity contribution in [2.24, 2.45) is 0 Å². The quantitative estimate of drug-likeness (QED) is 0.550. The molecule has 0 aromatic carbocycles.